The van der Waals surface area contributed by atoms with Gasteiger partial charge in [-0.1, -0.05) is 48.0 Å². The van der Waals surface area contributed by atoms with Crippen LogP contribution in [0, 0.1) is 6.92 Å². The van der Waals surface area contributed by atoms with Crippen LogP contribution in [0.2, 0.25) is 5.02 Å². The Kier molecular flexibility index (Phi) is 8.21. The van der Waals surface area contributed by atoms with Crippen LogP contribution in [0.25, 0.3) is 0 Å². The van der Waals surface area contributed by atoms with Gasteiger partial charge in [0.25, 0.3) is 0 Å². The number of aliphatic hydroxyl groups is 1. The third kappa shape index (κ3) is 7.51. The molecule has 1 unspecified atom stereocenters. The molecule has 1 heterocycles. The van der Waals surface area contributed by atoms with Crippen molar-refractivity contribution in [1.82, 2.24) is 10.2 Å². The lowest BCUT2D eigenvalue weighted by atomic mass is 9.95. The number of likely N-dealkylation sites (tertiary alicyclic amines) is 1. The van der Waals surface area contributed by atoms with Crippen LogP contribution >= 0.6 is 11.6 Å². The topological polar surface area (TPSA) is 61.8 Å². The normalized spacial score (nSPS) is 19.9. The van der Waals surface area contributed by atoms with Crippen LogP contribution in [0.3, 0.4) is 0 Å². The maximum absolute atomic E-state index is 12.7. The van der Waals surface area contributed by atoms with Gasteiger partial charge in [-0.2, -0.15) is 0 Å². The minimum atomic E-state index is -0.926. The average Bonchev–Trinajstić information content (AvgIpc) is 2.90. The van der Waals surface area contributed by atoms with E-state index in [2.05, 4.69) is 22.3 Å². The largest absolute Gasteiger partial charge is 0.489 e. The number of ether oxygens (including phenoxy) is 1. The van der Waals surface area contributed by atoms with Gasteiger partial charge in [-0.15, -0.1) is 0 Å². The third-order valence-corrected chi connectivity index (χ3v) is 6.24. The zero-order chi connectivity index (χ0) is 23.2. The Morgan fingerprint density at radius 2 is 1.94 bits per heavy atom. The molecule has 5 nitrogen and oxygen atoms in total. The number of rotatable bonds is 8. The van der Waals surface area contributed by atoms with E-state index < -0.39 is 5.60 Å². The second kappa shape index (κ2) is 10.7. The predicted molar refractivity (Wildman–Crippen MR) is 129 cm³/mol. The zero-order valence-corrected chi connectivity index (χ0v) is 20.1. The van der Waals surface area contributed by atoms with E-state index in [-0.39, 0.29) is 18.1 Å². The number of nitrogens with one attached hydrogen (secondary N) is 1. The van der Waals surface area contributed by atoms with Gasteiger partial charge in [-0.3, -0.25) is 9.69 Å². The fourth-order valence-corrected chi connectivity index (χ4v) is 4.41. The fraction of sp³-hybridized carbons (Fsp3) is 0.500. The van der Waals surface area contributed by atoms with Crippen molar-refractivity contribution in [1.29, 1.82) is 0 Å². The molecule has 1 fully saturated rings. The molecule has 2 N–H and O–H groups in total. The third-order valence-electron chi connectivity index (χ3n) is 5.93. The van der Waals surface area contributed by atoms with E-state index in [4.69, 9.17) is 16.3 Å². The first-order valence-corrected chi connectivity index (χ1v) is 11.7. The second-order valence-electron chi connectivity index (χ2n) is 9.67. The van der Waals surface area contributed by atoms with Crippen molar-refractivity contribution in [3.8, 4) is 5.75 Å². The molecule has 2 aromatic rings. The molecule has 1 atom stereocenters. The van der Waals surface area contributed by atoms with Crippen molar-refractivity contribution in [2.24, 2.45) is 0 Å². The van der Waals surface area contributed by atoms with Gasteiger partial charge < -0.3 is 15.2 Å². The zero-order valence-electron chi connectivity index (χ0n) is 19.4. The summed E-state index contributed by atoms with van der Waals surface area (Å²) in [4.78, 5) is 14.8. The highest BCUT2D eigenvalue weighted by molar-refractivity contribution is 6.32. The summed E-state index contributed by atoms with van der Waals surface area (Å²) in [6, 6.07) is 15.8. The molecule has 0 aromatic heterocycles. The van der Waals surface area contributed by atoms with E-state index in [0.717, 1.165) is 24.9 Å². The quantitative estimate of drug-likeness (QED) is 0.616. The molecule has 0 saturated carbocycles. The van der Waals surface area contributed by atoms with E-state index in [0.29, 0.717) is 36.7 Å². The van der Waals surface area contributed by atoms with Crippen LogP contribution in [0.1, 0.15) is 44.2 Å². The summed E-state index contributed by atoms with van der Waals surface area (Å²) in [5.74, 6) is 0.611. The summed E-state index contributed by atoms with van der Waals surface area (Å²) in [5, 5.41) is 14.8. The number of carbonyl (C=O) groups is 1. The standard InChI is InChI=1S/C26H35ClN2O3/c1-20-10-11-22(27)23(16-20)32-19-26(31)12-7-14-29(15-13-26)18-24(30)28-25(2,3)17-21-8-5-4-6-9-21/h4-6,8-11,16,31H,7,12-15,17-19H2,1-3H3,(H,28,30). The Bertz CT molecular complexity index is 903. The Balaban J connectivity index is 1.48. The molecule has 0 radical (unpaired) electrons. The molecular weight excluding hydrogens is 424 g/mol. The molecule has 1 aliphatic heterocycles. The van der Waals surface area contributed by atoms with Gasteiger partial charge in [0.15, 0.2) is 0 Å². The number of carbonyl (C=O) groups excluding carboxylic acids is 1. The van der Waals surface area contributed by atoms with Gasteiger partial charge in [0.05, 0.1) is 17.2 Å². The van der Waals surface area contributed by atoms with Gasteiger partial charge in [0, 0.05) is 12.1 Å². The molecule has 2 aromatic carbocycles. The van der Waals surface area contributed by atoms with Crippen LogP contribution in [-0.2, 0) is 11.2 Å². The smallest absolute Gasteiger partial charge is 0.234 e. The van der Waals surface area contributed by atoms with E-state index in [1.165, 1.54) is 5.56 Å². The van der Waals surface area contributed by atoms with Gasteiger partial charge in [0.2, 0.25) is 5.91 Å². The summed E-state index contributed by atoms with van der Waals surface area (Å²) in [6.45, 7) is 8.03. The van der Waals surface area contributed by atoms with Crippen LogP contribution < -0.4 is 10.1 Å². The molecule has 174 valence electrons. The van der Waals surface area contributed by atoms with Crippen molar-refractivity contribution >= 4 is 17.5 Å². The van der Waals surface area contributed by atoms with E-state index in [9.17, 15) is 9.90 Å². The molecular formula is C26H35ClN2O3. The molecule has 6 heteroatoms. The molecule has 32 heavy (non-hydrogen) atoms. The summed E-state index contributed by atoms with van der Waals surface area (Å²) in [5.41, 5.74) is 1.01. The molecule has 0 aliphatic carbocycles. The first kappa shape index (κ1) is 24.6. The van der Waals surface area contributed by atoms with Crippen molar-refractivity contribution in [2.45, 2.75) is 57.6 Å². The van der Waals surface area contributed by atoms with Crippen molar-refractivity contribution in [2.75, 3.05) is 26.2 Å². The maximum atomic E-state index is 12.7. The number of hydrogen-bond donors (Lipinski definition) is 2. The highest BCUT2D eigenvalue weighted by Crippen LogP contribution is 2.29. The number of benzene rings is 2. The molecule has 0 spiro atoms. The van der Waals surface area contributed by atoms with Crippen molar-refractivity contribution in [3.63, 3.8) is 0 Å². The lowest BCUT2D eigenvalue weighted by Crippen LogP contribution is -2.49. The summed E-state index contributed by atoms with van der Waals surface area (Å²) in [7, 11) is 0. The Morgan fingerprint density at radius 3 is 2.69 bits per heavy atom. The van der Waals surface area contributed by atoms with E-state index in [1.54, 1.807) is 0 Å². The molecule has 1 aliphatic rings. The summed E-state index contributed by atoms with van der Waals surface area (Å²) < 4.78 is 5.87. The minimum absolute atomic E-state index is 0.0131. The van der Waals surface area contributed by atoms with E-state index >= 15 is 0 Å². The van der Waals surface area contributed by atoms with Crippen LogP contribution in [0.15, 0.2) is 48.5 Å². The summed E-state index contributed by atoms with van der Waals surface area (Å²) in [6.07, 6.45) is 2.77. The number of nitrogens with zero attached hydrogens (tertiary/aromatic N) is 1. The number of amides is 1. The highest BCUT2D eigenvalue weighted by Gasteiger charge is 2.32. The molecule has 1 amide bonds. The molecule has 3 rings (SSSR count). The number of halogens is 1. The molecule has 0 bridgehead atoms. The lowest BCUT2D eigenvalue weighted by molar-refractivity contribution is -0.123. The lowest BCUT2D eigenvalue weighted by Gasteiger charge is -2.29. The Labute approximate surface area is 196 Å². The first-order chi connectivity index (χ1) is 15.1. The predicted octanol–water partition coefficient (Wildman–Crippen LogP) is 4.38. The van der Waals surface area contributed by atoms with Crippen molar-refractivity contribution < 1.29 is 14.6 Å². The minimum Gasteiger partial charge on any atom is -0.489 e. The van der Waals surface area contributed by atoms with Gasteiger partial charge >= 0.3 is 0 Å². The Hall–Kier alpha value is -2.08. The number of aryl methyl sites for hydroxylation is 1. The van der Waals surface area contributed by atoms with Crippen molar-refractivity contribution in [3.05, 3.63) is 64.7 Å². The number of hydrogen-bond acceptors (Lipinski definition) is 4. The highest BCUT2D eigenvalue weighted by atomic mass is 35.5. The first-order valence-electron chi connectivity index (χ1n) is 11.3. The fourth-order valence-electron chi connectivity index (χ4n) is 4.24. The van der Waals surface area contributed by atoms with Gasteiger partial charge in [-0.05, 0) is 76.3 Å². The van der Waals surface area contributed by atoms with Gasteiger partial charge in [-0.25, -0.2) is 0 Å². The Morgan fingerprint density at radius 1 is 1.19 bits per heavy atom. The van der Waals surface area contributed by atoms with Crippen LogP contribution in [0.5, 0.6) is 5.75 Å². The van der Waals surface area contributed by atoms with E-state index in [1.807, 2.05) is 57.2 Å². The van der Waals surface area contributed by atoms with Gasteiger partial charge in [0.1, 0.15) is 12.4 Å². The van der Waals surface area contributed by atoms with Crippen LogP contribution in [-0.4, -0.2) is 53.3 Å². The summed E-state index contributed by atoms with van der Waals surface area (Å²) >= 11 is 6.22. The average molecular weight is 459 g/mol. The monoisotopic (exact) mass is 458 g/mol. The SMILES string of the molecule is Cc1ccc(Cl)c(OCC2(O)CCCN(CC(=O)NC(C)(C)Cc3ccccc3)CC2)c1. The maximum Gasteiger partial charge on any atom is 0.234 e. The van der Waals surface area contributed by atoms with Crippen LogP contribution in [0.4, 0.5) is 0 Å². The second-order valence-corrected chi connectivity index (χ2v) is 10.1. The molecule has 1 saturated heterocycles.